The molecular formula is C17H19N3O5. The van der Waals surface area contributed by atoms with Gasteiger partial charge in [0.25, 0.3) is 5.91 Å². The van der Waals surface area contributed by atoms with Crippen LogP contribution in [0.4, 0.5) is 0 Å². The molecule has 8 heteroatoms. The molecule has 1 saturated carbocycles. The van der Waals surface area contributed by atoms with E-state index in [2.05, 4.69) is 11.7 Å². The molecule has 4 rings (SSSR count). The summed E-state index contributed by atoms with van der Waals surface area (Å²) in [5.41, 5.74) is -1.09. The van der Waals surface area contributed by atoms with Crippen LogP contribution >= 0.6 is 0 Å². The van der Waals surface area contributed by atoms with Gasteiger partial charge in [-0.1, -0.05) is 11.2 Å². The van der Waals surface area contributed by atoms with E-state index in [0.717, 1.165) is 12.8 Å². The van der Waals surface area contributed by atoms with Crippen molar-refractivity contribution in [3.05, 3.63) is 30.2 Å². The highest BCUT2D eigenvalue weighted by molar-refractivity contribution is 5.97. The Kier molecular flexibility index (Phi) is 3.45. The van der Waals surface area contributed by atoms with E-state index in [1.165, 1.54) is 9.80 Å². The molecule has 3 aliphatic rings. The molecule has 3 heterocycles. The molecule has 8 nitrogen and oxygen atoms in total. The monoisotopic (exact) mass is 345 g/mol. The van der Waals surface area contributed by atoms with Crippen molar-refractivity contribution in [1.82, 2.24) is 15.0 Å². The summed E-state index contributed by atoms with van der Waals surface area (Å²) in [5.74, 6) is -1.37. The molecule has 0 unspecified atom stereocenters. The number of aliphatic carboxylic acids is 1. The van der Waals surface area contributed by atoms with Crippen LogP contribution in [0.15, 0.2) is 23.2 Å². The van der Waals surface area contributed by atoms with Crippen LogP contribution < -0.4 is 0 Å². The van der Waals surface area contributed by atoms with E-state index in [0.29, 0.717) is 18.2 Å². The number of amides is 2. The second-order valence-electron chi connectivity index (χ2n) is 7.10. The minimum absolute atomic E-state index is 0.00314. The highest BCUT2D eigenvalue weighted by Gasteiger charge is 2.62. The largest absolute Gasteiger partial charge is 0.481 e. The predicted molar refractivity (Wildman–Crippen MR) is 84.7 cm³/mol. The van der Waals surface area contributed by atoms with Crippen LogP contribution in [-0.4, -0.2) is 64.0 Å². The Hall–Kier alpha value is -2.64. The van der Waals surface area contributed by atoms with E-state index in [-0.39, 0.29) is 37.1 Å². The summed E-state index contributed by atoms with van der Waals surface area (Å²) >= 11 is 0. The van der Waals surface area contributed by atoms with E-state index < -0.39 is 17.3 Å². The first-order valence-corrected chi connectivity index (χ1v) is 8.35. The first kappa shape index (κ1) is 15.9. The maximum atomic E-state index is 12.7. The van der Waals surface area contributed by atoms with Crippen LogP contribution in [0, 0.1) is 11.3 Å². The second-order valence-corrected chi connectivity index (χ2v) is 7.10. The van der Waals surface area contributed by atoms with E-state index in [1.807, 2.05) is 0 Å². The maximum absolute atomic E-state index is 12.7. The molecule has 2 aliphatic heterocycles. The lowest BCUT2D eigenvalue weighted by molar-refractivity contribution is -0.149. The van der Waals surface area contributed by atoms with Gasteiger partial charge in [0.05, 0.1) is 5.92 Å². The van der Waals surface area contributed by atoms with E-state index in [9.17, 15) is 19.5 Å². The van der Waals surface area contributed by atoms with Crippen molar-refractivity contribution in [2.75, 3.05) is 26.2 Å². The number of rotatable bonds is 5. The fourth-order valence-electron chi connectivity index (χ4n) is 3.89. The highest BCUT2D eigenvalue weighted by Crippen LogP contribution is 2.44. The smallest absolute Gasteiger partial charge is 0.314 e. The molecule has 2 atom stereocenters. The van der Waals surface area contributed by atoms with Gasteiger partial charge in [0.2, 0.25) is 5.91 Å². The average Bonchev–Trinajstić information content (AvgIpc) is 3.08. The van der Waals surface area contributed by atoms with Crippen molar-refractivity contribution in [1.29, 1.82) is 0 Å². The van der Waals surface area contributed by atoms with Crippen molar-refractivity contribution < 1.29 is 24.0 Å². The van der Waals surface area contributed by atoms with Gasteiger partial charge in [0.1, 0.15) is 11.2 Å². The van der Waals surface area contributed by atoms with Crippen LogP contribution in [0.5, 0.6) is 0 Å². The molecule has 0 radical (unpaired) electrons. The molecule has 0 aromatic carbocycles. The highest BCUT2D eigenvalue weighted by atomic mass is 16.5. The van der Waals surface area contributed by atoms with E-state index in [4.69, 9.17) is 4.52 Å². The lowest BCUT2D eigenvalue weighted by Crippen LogP contribution is -2.42. The normalized spacial score (nSPS) is 28.3. The summed E-state index contributed by atoms with van der Waals surface area (Å²) in [6.07, 6.45) is 3.64. The number of fused-ring (bicyclic) bond motifs is 1. The van der Waals surface area contributed by atoms with Crippen LogP contribution in [-0.2, 0) is 9.59 Å². The number of carboxylic acid groups (broad SMARTS) is 1. The van der Waals surface area contributed by atoms with Crippen LogP contribution in [0.25, 0.3) is 0 Å². The molecule has 3 fully saturated rings. The van der Waals surface area contributed by atoms with E-state index in [1.54, 1.807) is 12.1 Å². The molecular weight excluding hydrogens is 326 g/mol. The Morgan fingerprint density at radius 1 is 1.44 bits per heavy atom. The van der Waals surface area contributed by atoms with E-state index >= 15 is 0 Å². The van der Waals surface area contributed by atoms with Gasteiger partial charge >= 0.3 is 5.97 Å². The standard InChI is InChI=1S/C17H19N3O5/c1-2-5-19-8-17(16(23)24)9-20(7-11(17)14(19)21)15(22)12-6-13(25-18-12)10-3-4-10/h2,6,10-11H,1,3-5,7-9H2,(H,23,24)/t11-,17+/m0/s1. The minimum Gasteiger partial charge on any atom is -0.481 e. The van der Waals surface area contributed by atoms with Crippen molar-refractivity contribution in [3.8, 4) is 0 Å². The summed E-state index contributed by atoms with van der Waals surface area (Å²) in [5, 5.41) is 13.6. The van der Waals surface area contributed by atoms with Gasteiger partial charge in [-0.2, -0.15) is 0 Å². The summed E-state index contributed by atoms with van der Waals surface area (Å²) in [6, 6.07) is 1.63. The van der Waals surface area contributed by atoms with Gasteiger partial charge in [-0.15, -0.1) is 6.58 Å². The molecule has 1 aromatic rings. The molecule has 25 heavy (non-hydrogen) atoms. The van der Waals surface area contributed by atoms with Gasteiger partial charge in [-0.05, 0) is 12.8 Å². The molecule has 132 valence electrons. The fraction of sp³-hybridized carbons (Fsp3) is 0.529. The zero-order valence-corrected chi connectivity index (χ0v) is 13.7. The summed E-state index contributed by atoms with van der Waals surface area (Å²) in [4.78, 5) is 40.1. The number of aromatic nitrogens is 1. The van der Waals surface area contributed by atoms with Gasteiger partial charge < -0.3 is 19.4 Å². The molecule has 2 saturated heterocycles. The lowest BCUT2D eigenvalue weighted by atomic mass is 9.81. The number of likely N-dealkylation sites (tertiary alicyclic amines) is 2. The Balaban J connectivity index is 1.56. The second kappa shape index (κ2) is 5.44. The SMILES string of the molecule is C=CCN1C[C@@]2(C(=O)O)CN(C(=O)c3cc(C4CC4)on3)C[C@H]2C1=O. The number of carbonyl (C=O) groups excluding carboxylic acids is 2. The Morgan fingerprint density at radius 2 is 2.20 bits per heavy atom. The van der Waals surface area contributed by atoms with Crippen molar-refractivity contribution in [2.45, 2.75) is 18.8 Å². The molecule has 0 bridgehead atoms. The molecule has 1 aliphatic carbocycles. The lowest BCUT2D eigenvalue weighted by Gasteiger charge is -2.24. The number of hydrogen-bond donors (Lipinski definition) is 1. The van der Waals surface area contributed by atoms with Gasteiger partial charge in [0, 0.05) is 38.2 Å². The first-order valence-electron chi connectivity index (χ1n) is 8.35. The minimum atomic E-state index is -1.27. The van der Waals surface area contributed by atoms with Crippen molar-refractivity contribution in [2.24, 2.45) is 11.3 Å². The van der Waals surface area contributed by atoms with Gasteiger partial charge in [-0.3, -0.25) is 14.4 Å². The van der Waals surface area contributed by atoms with Crippen LogP contribution in [0.3, 0.4) is 0 Å². The number of hydrogen-bond acceptors (Lipinski definition) is 5. The predicted octanol–water partition coefficient (Wildman–Crippen LogP) is 0.723. The quantitative estimate of drug-likeness (QED) is 0.789. The fourth-order valence-corrected chi connectivity index (χ4v) is 3.89. The summed E-state index contributed by atoms with van der Waals surface area (Å²) < 4.78 is 5.21. The van der Waals surface area contributed by atoms with Gasteiger partial charge in [0.15, 0.2) is 5.69 Å². The Morgan fingerprint density at radius 3 is 2.80 bits per heavy atom. The maximum Gasteiger partial charge on any atom is 0.314 e. The number of nitrogens with zero attached hydrogens (tertiary/aromatic N) is 3. The van der Waals surface area contributed by atoms with Crippen LogP contribution in [0.1, 0.15) is 35.0 Å². The Bertz CT molecular complexity index is 768. The third-order valence-electron chi connectivity index (χ3n) is 5.42. The van der Waals surface area contributed by atoms with Crippen molar-refractivity contribution >= 4 is 17.8 Å². The topological polar surface area (TPSA) is 104 Å². The zero-order chi connectivity index (χ0) is 17.8. The number of carbonyl (C=O) groups is 3. The first-order chi connectivity index (χ1) is 12.0. The number of carboxylic acids is 1. The third kappa shape index (κ3) is 2.35. The zero-order valence-electron chi connectivity index (χ0n) is 13.7. The third-order valence-corrected chi connectivity index (χ3v) is 5.42. The van der Waals surface area contributed by atoms with Gasteiger partial charge in [-0.25, -0.2) is 0 Å². The molecule has 2 amide bonds. The molecule has 1 aromatic heterocycles. The Labute approximate surface area is 144 Å². The van der Waals surface area contributed by atoms with Crippen molar-refractivity contribution in [3.63, 3.8) is 0 Å². The van der Waals surface area contributed by atoms with Crippen LogP contribution in [0.2, 0.25) is 0 Å². The molecule has 0 spiro atoms. The molecule has 1 N–H and O–H groups in total. The summed E-state index contributed by atoms with van der Waals surface area (Å²) in [7, 11) is 0. The summed E-state index contributed by atoms with van der Waals surface area (Å²) in [6.45, 7) is 4.09. The average molecular weight is 345 g/mol.